The molecule has 3 aromatic rings. The summed E-state index contributed by atoms with van der Waals surface area (Å²) in [5.74, 6) is 0.778. The molecule has 2 aromatic heterocycles. The molecule has 1 saturated heterocycles. The number of ether oxygens (including phenoxy) is 1. The Bertz CT molecular complexity index is 1180. The summed E-state index contributed by atoms with van der Waals surface area (Å²) in [7, 11) is 0. The molecule has 31 heavy (non-hydrogen) atoms. The molecule has 0 N–H and O–H groups in total. The number of likely N-dealkylation sites (tertiary alicyclic amines) is 1. The molecular formula is C22H26N4O5. The smallest absolute Gasteiger partial charge is 0.420 e. The number of benzene rings is 1. The Morgan fingerprint density at radius 1 is 1.26 bits per heavy atom. The summed E-state index contributed by atoms with van der Waals surface area (Å²) in [5, 5.41) is 4.15. The van der Waals surface area contributed by atoms with Crippen molar-refractivity contribution in [3.63, 3.8) is 0 Å². The minimum Gasteiger partial charge on any atom is -0.443 e. The van der Waals surface area contributed by atoms with Crippen LogP contribution in [0.3, 0.4) is 0 Å². The van der Waals surface area contributed by atoms with Crippen molar-refractivity contribution >= 4 is 17.2 Å². The van der Waals surface area contributed by atoms with Crippen molar-refractivity contribution in [3.05, 3.63) is 34.6 Å². The molecule has 1 aliphatic heterocycles. The SMILES string of the molecule is CC(C)n1c(=O)oc2ccc(-c3noc(C4CCN(C(=O)OC5(C)CC5)CC4)n3)cc21. The predicted octanol–water partition coefficient (Wildman–Crippen LogP) is 4.09. The zero-order valence-corrected chi connectivity index (χ0v) is 18.0. The quantitative estimate of drug-likeness (QED) is 0.619. The van der Waals surface area contributed by atoms with Gasteiger partial charge >= 0.3 is 11.8 Å². The second kappa shape index (κ2) is 7.25. The molecule has 9 heteroatoms. The van der Waals surface area contributed by atoms with Crippen LogP contribution in [0.25, 0.3) is 22.5 Å². The van der Waals surface area contributed by atoms with Crippen LogP contribution in [0, 0.1) is 0 Å². The molecule has 1 aliphatic carbocycles. The Morgan fingerprint density at radius 2 is 2.00 bits per heavy atom. The van der Waals surface area contributed by atoms with Crippen molar-refractivity contribution in [1.29, 1.82) is 0 Å². The summed E-state index contributed by atoms with van der Waals surface area (Å²) in [6.45, 7) is 7.06. The summed E-state index contributed by atoms with van der Waals surface area (Å²) >= 11 is 0. The van der Waals surface area contributed by atoms with Crippen LogP contribution in [0.15, 0.2) is 31.9 Å². The largest absolute Gasteiger partial charge is 0.443 e. The van der Waals surface area contributed by atoms with E-state index >= 15 is 0 Å². The van der Waals surface area contributed by atoms with Gasteiger partial charge in [0.15, 0.2) is 5.58 Å². The van der Waals surface area contributed by atoms with E-state index in [1.807, 2.05) is 32.9 Å². The van der Waals surface area contributed by atoms with E-state index in [-0.39, 0.29) is 29.4 Å². The highest BCUT2D eigenvalue weighted by Gasteiger charge is 2.43. The molecule has 1 aromatic carbocycles. The van der Waals surface area contributed by atoms with Gasteiger partial charge in [0.1, 0.15) is 5.60 Å². The first-order valence-electron chi connectivity index (χ1n) is 10.8. The Kier molecular flexibility index (Phi) is 4.64. The van der Waals surface area contributed by atoms with Crippen LogP contribution in [0.5, 0.6) is 0 Å². The third-order valence-corrected chi connectivity index (χ3v) is 6.22. The van der Waals surface area contributed by atoms with Crippen LogP contribution in [0.1, 0.15) is 64.3 Å². The van der Waals surface area contributed by atoms with Gasteiger partial charge in [-0.05, 0) is 64.7 Å². The van der Waals surface area contributed by atoms with E-state index in [9.17, 15) is 9.59 Å². The Morgan fingerprint density at radius 3 is 2.68 bits per heavy atom. The highest BCUT2D eigenvalue weighted by atomic mass is 16.6. The minimum atomic E-state index is -0.378. The maximum Gasteiger partial charge on any atom is 0.420 e. The van der Waals surface area contributed by atoms with Gasteiger partial charge in [0, 0.05) is 30.6 Å². The number of carbonyl (C=O) groups excluding carboxylic acids is 1. The molecule has 2 fully saturated rings. The summed E-state index contributed by atoms with van der Waals surface area (Å²) in [6.07, 6.45) is 3.16. The molecule has 0 atom stereocenters. The monoisotopic (exact) mass is 426 g/mol. The molecule has 0 radical (unpaired) electrons. The van der Waals surface area contributed by atoms with E-state index in [1.54, 1.807) is 15.5 Å². The summed E-state index contributed by atoms with van der Waals surface area (Å²) < 4.78 is 18.0. The lowest BCUT2D eigenvalue weighted by molar-refractivity contribution is 0.0510. The number of nitrogens with zero attached hydrogens (tertiary/aromatic N) is 4. The van der Waals surface area contributed by atoms with Gasteiger partial charge in [-0.25, -0.2) is 9.59 Å². The van der Waals surface area contributed by atoms with Crippen molar-refractivity contribution in [3.8, 4) is 11.4 Å². The fourth-order valence-corrected chi connectivity index (χ4v) is 4.04. The van der Waals surface area contributed by atoms with Gasteiger partial charge in [-0.3, -0.25) is 4.57 Å². The van der Waals surface area contributed by atoms with Gasteiger partial charge in [-0.15, -0.1) is 0 Å². The first kappa shape index (κ1) is 19.8. The van der Waals surface area contributed by atoms with Crippen LogP contribution in [-0.2, 0) is 4.74 Å². The van der Waals surface area contributed by atoms with E-state index < -0.39 is 0 Å². The van der Waals surface area contributed by atoms with Gasteiger partial charge in [0.2, 0.25) is 11.7 Å². The molecule has 0 bridgehead atoms. The highest BCUT2D eigenvalue weighted by Crippen LogP contribution is 2.39. The number of hydrogen-bond acceptors (Lipinski definition) is 7. The first-order chi connectivity index (χ1) is 14.8. The van der Waals surface area contributed by atoms with E-state index in [4.69, 9.17) is 13.7 Å². The van der Waals surface area contributed by atoms with Crippen LogP contribution in [0.2, 0.25) is 0 Å². The van der Waals surface area contributed by atoms with Gasteiger partial charge in [0.05, 0.1) is 5.52 Å². The van der Waals surface area contributed by atoms with E-state index in [2.05, 4.69) is 10.1 Å². The summed E-state index contributed by atoms with van der Waals surface area (Å²) in [5.41, 5.74) is 1.74. The molecule has 3 heterocycles. The third-order valence-electron chi connectivity index (χ3n) is 6.22. The van der Waals surface area contributed by atoms with Gasteiger partial charge in [0.25, 0.3) is 0 Å². The Balaban J connectivity index is 1.30. The number of rotatable bonds is 4. The zero-order valence-electron chi connectivity index (χ0n) is 18.0. The van der Waals surface area contributed by atoms with Crippen LogP contribution in [0.4, 0.5) is 4.79 Å². The third kappa shape index (κ3) is 3.73. The number of piperidine rings is 1. The number of carbonyl (C=O) groups is 1. The van der Waals surface area contributed by atoms with Crippen molar-refractivity contribution in [1.82, 2.24) is 19.6 Å². The Hall–Kier alpha value is -3.10. The van der Waals surface area contributed by atoms with Gasteiger partial charge in [-0.1, -0.05) is 5.16 Å². The van der Waals surface area contributed by atoms with Crippen LogP contribution >= 0.6 is 0 Å². The first-order valence-corrected chi connectivity index (χ1v) is 10.8. The van der Waals surface area contributed by atoms with Gasteiger partial charge < -0.3 is 18.6 Å². The fourth-order valence-electron chi connectivity index (χ4n) is 4.04. The highest BCUT2D eigenvalue weighted by molar-refractivity contribution is 5.79. The predicted molar refractivity (Wildman–Crippen MR) is 112 cm³/mol. The number of oxazole rings is 1. The molecule has 1 saturated carbocycles. The van der Waals surface area contributed by atoms with Crippen LogP contribution < -0.4 is 5.76 Å². The molecule has 1 amide bonds. The lowest BCUT2D eigenvalue weighted by Gasteiger charge is -2.30. The number of fused-ring (bicyclic) bond motifs is 1. The second-order valence-corrected chi connectivity index (χ2v) is 9.05. The summed E-state index contributed by atoms with van der Waals surface area (Å²) in [4.78, 5) is 30.8. The van der Waals surface area contributed by atoms with E-state index in [0.717, 1.165) is 31.2 Å². The van der Waals surface area contributed by atoms with Crippen LogP contribution in [-0.4, -0.2) is 44.4 Å². The average Bonchev–Trinajstić information content (AvgIpc) is 3.15. The maximum absolute atomic E-state index is 12.3. The number of aromatic nitrogens is 3. The normalized spacial score (nSPS) is 18.6. The molecule has 2 aliphatic rings. The number of hydrogen-bond donors (Lipinski definition) is 0. The lowest BCUT2D eigenvalue weighted by Crippen LogP contribution is -2.39. The maximum atomic E-state index is 12.3. The molecule has 0 unspecified atom stereocenters. The van der Waals surface area contributed by atoms with Gasteiger partial charge in [-0.2, -0.15) is 4.98 Å². The van der Waals surface area contributed by atoms with Crippen molar-refractivity contribution in [2.75, 3.05) is 13.1 Å². The molecule has 0 spiro atoms. The van der Waals surface area contributed by atoms with Crippen molar-refractivity contribution in [2.45, 2.75) is 64.0 Å². The number of amides is 1. The fraction of sp³-hybridized carbons (Fsp3) is 0.545. The standard InChI is InChI=1S/C22H26N4O5/c1-13(2)26-16-12-15(4-5-17(16)29-21(26)28)18-23-19(31-24-18)14-6-10-25(11-7-14)20(27)30-22(3)8-9-22/h4-5,12-14H,6-11H2,1-3H3. The van der Waals surface area contributed by atoms with E-state index in [0.29, 0.717) is 35.9 Å². The molecular weight excluding hydrogens is 400 g/mol. The zero-order chi connectivity index (χ0) is 21.8. The summed E-state index contributed by atoms with van der Waals surface area (Å²) in [6, 6.07) is 5.41. The minimum absolute atomic E-state index is 0.0239. The van der Waals surface area contributed by atoms with Crippen molar-refractivity contribution in [2.24, 2.45) is 0 Å². The molecule has 9 nitrogen and oxygen atoms in total. The lowest BCUT2D eigenvalue weighted by atomic mass is 9.97. The molecule has 5 rings (SSSR count). The molecule has 164 valence electrons. The topological polar surface area (TPSA) is 104 Å². The average molecular weight is 426 g/mol. The van der Waals surface area contributed by atoms with Crippen molar-refractivity contribution < 1.29 is 18.5 Å². The Labute approximate surface area is 179 Å². The second-order valence-electron chi connectivity index (χ2n) is 9.05. The van der Waals surface area contributed by atoms with E-state index in [1.165, 1.54) is 0 Å².